The zero-order valence-corrected chi connectivity index (χ0v) is 14.9. The van der Waals surface area contributed by atoms with E-state index in [9.17, 15) is 19.2 Å². The smallest absolute Gasteiger partial charge is 0.303 e. The number of amides is 1. The highest BCUT2D eigenvalue weighted by molar-refractivity contribution is 5.83. The van der Waals surface area contributed by atoms with Gasteiger partial charge in [0, 0.05) is 25.8 Å². The normalized spacial score (nSPS) is 16.5. The molecule has 1 aromatic rings. The van der Waals surface area contributed by atoms with Gasteiger partial charge in [0.1, 0.15) is 12.1 Å². The Labute approximate surface area is 153 Å². The summed E-state index contributed by atoms with van der Waals surface area (Å²) in [5.74, 6) is -0.789. The molecule has 6 nitrogen and oxygen atoms in total. The number of hydrogen-bond acceptors (Lipinski definition) is 4. The lowest BCUT2D eigenvalue weighted by Crippen LogP contribution is -2.37. The molecule has 0 unspecified atom stereocenters. The van der Waals surface area contributed by atoms with Gasteiger partial charge >= 0.3 is 5.97 Å². The van der Waals surface area contributed by atoms with Gasteiger partial charge in [-0.3, -0.25) is 14.4 Å². The molecule has 0 aromatic heterocycles. The highest BCUT2D eigenvalue weighted by Crippen LogP contribution is 2.17. The van der Waals surface area contributed by atoms with E-state index in [0.29, 0.717) is 32.2 Å². The summed E-state index contributed by atoms with van der Waals surface area (Å²) in [5, 5.41) is 8.57. The predicted molar refractivity (Wildman–Crippen MR) is 95.8 cm³/mol. The molecule has 140 valence electrons. The molecule has 26 heavy (non-hydrogen) atoms. The monoisotopic (exact) mass is 359 g/mol. The number of carbonyl (C=O) groups excluding carboxylic acids is 3. The van der Waals surface area contributed by atoms with Crippen molar-refractivity contribution in [1.82, 2.24) is 4.90 Å². The minimum Gasteiger partial charge on any atom is -0.481 e. The summed E-state index contributed by atoms with van der Waals surface area (Å²) in [6.45, 7) is 0.636. The number of ketones is 1. The molecule has 1 aromatic carbocycles. The first kappa shape index (κ1) is 19.8. The van der Waals surface area contributed by atoms with E-state index in [1.807, 2.05) is 24.3 Å². The first-order valence-electron chi connectivity index (χ1n) is 9.05. The second-order valence-corrected chi connectivity index (χ2v) is 6.74. The number of likely N-dealkylation sites (tertiary alicyclic amines) is 1. The molecular formula is C20H25NO5. The first-order valence-corrected chi connectivity index (χ1v) is 9.05. The van der Waals surface area contributed by atoms with Gasteiger partial charge in [0.05, 0.1) is 12.5 Å². The number of carboxylic acids is 1. The molecule has 1 N–H and O–H groups in total. The summed E-state index contributed by atoms with van der Waals surface area (Å²) in [7, 11) is 0. The first-order chi connectivity index (χ1) is 12.5. The van der Waals surface area contributed by atoms with Crippen LogP contribution in [0.3, 0.4) is 0 Å². The molecule has 2 rings (SSSR count). The third kappa shape index (κ3) is 6.10. The summed E-state index contributed by atoms with van der Waals surface area (Å²) >= 11 is 0. The van der Waals surface area contributed by atoms with Crippen LogP contribution in [0.2, 0.25) is 0 Å². The summed E-state index contributed by atoms with van der Waals surface area (Å²) < 4.78 is 0. The van der Waals surface area contributed by atoms with Crippen molar-refractivity contribution in [1.29, 1.82) is 0 Å². The third-order valence-corrected chi connectivity index (χ3v) is 4.65. The Hall–Kier alpha value is -2.50. The minimum atomic E-state index is -0.837. The summed E-state index contributed by atoms with van der Waals surface area (Å²) in [5.41, 5.74) is 1.75. The fourth-order valence-corrected chi connectivity index (χ4v) is 3.21. The van der Waals surface area contributed by atoms with E-state index in [1.54, 1.807) is 4.90 Å². The van der Waals surface area contributed by atoms with Crippen LogP contribution in [-0.4, -0.2) is 46.5 Å². The Balaban J connectivity index is 1.78. The van der Waals surface area contributed by atoms with Crippen molar-refractivity contribution >= 4 is 23.9 Å². The number of benzene rings is 1. The number of rotatable bonds is 10. The van der Waals surface area contributed by atoms with Gasteiger partial charge in [-0.25, -0.2) is 0 Å². The lowest BCUT2D eigenvalue weighted by molar-refractivity contribution is -0.137. The number of Topliss-reactive ketones (excluding diaryl/α,β-unsaturated/α-hetero) is 1. The Bertz CT molecular complexity index is 653. The molecule has 6 heteroatoms. The van der Waals surface area contributed by atoms with Crippen molar-refractivity contribution in [2.24, 2.45) is 0 Å². The van der Waals surface area contributed by atoms with E-state index < -0.39 is 5.97 Å². The van der Waals surface area contributed by atoms with Crippen LogP contribution >= 0.6 is 0 Å². The van der Waals surface area contributed by atoms with Crippen molar-refractivity contribution in [3.8, 4) is 0 Å². The largest absolute Gasteiger partial charge is 0.481 e. The Kier molecular flexibility index (Phi) is 7.51. The fraction of sp³-hybridized carbons (Fsp3) is 0.500. The summed E-state index contributed by atoms with van der Waals surface area (Å²) in [6.07, 6.45) is 4.61. The van der Waals surface area contributed by atoms with Crippen LogP contribution in [0.15, 0.2) is 24.3 Å². The topological polar surface area (TPSA) is 91.8 Å². The molecular weight excluding hydrogens is 334 g/mol. The number of carboxylic acid groups (broad SMARTS) is 1. The van der Waals surface area contributed by atoms with Crippen LogP contribution < -0.4 is 0 Å². The van der Waals surface area contributed by atoms with E-state index in [0.717, 1.165) is 30.3 Å². The highest BCUT2D eigenvalue weighted by Gasteiger charge is 2.27. The van der Waals surface area contributed by atoms with Gasteiger partial charge in [-0.2, -0.15) is 0 Å². The van der Waals surface area contributed by atoms with Gasteiger partial charge in [-0.1, -0.05) is 24.3 Å². The van der Waals surface area contributed by atoms with Gasteiger partial charge in [0.15, 0.2) is 0 Å². The van der Waals surface area contributed by atoms with Gasteiger partial charge in [0.2, 0.25) is 5.91 Å². The zero-order valence-electron chi connectivity index (χ0n) is 14.9. The van der Waals surface area contributed by atoms with Crippen molar-refractivity contribution in [3.05, 3.63) is 35.4 Å². The number of nitrogens with zero attached hydrogens (tertiary/aromatic N) is 1. The quantitative estimate of drug-likeness (QED) is 0.511. The fourth-order valence-electron chi connectivity index (χ4n) is 3.21. The van der Waals surface area contributed by atoms with Crippen molar-refractivity contribution < 1.29 is 24.3 Å². The average Bonchev–Trinajstić information content (AvgIpc) is 3.09. The number of unbranched alkanes of at least 4 members (excludes halogenated alkanes) is 1. The molecule has 1 aliphatic heterocycles. The minimum absolute atomic E-state index is 0.0399. The van der Waals surface area contributed by atoms with E-state index in [2.05, 4.69) is 0 Å². The molecule has 1 saturated heterocycles. The maximum atomic E-state index is 12.3. The van der Waals surface area contributed by atoms with Crippen LogP contribution in [0.1, 0.15) is 49.7 Å². The second kappa shape index (κ2) is 9.85. The van der Waals surface area contributed by atoms with Crippen LogP contribution in [0.5, 0.6) is 0 Å². The summed E-state index contributed by atoms with van der Waals surface area (Å²) in [4.78, 5) is 47.3. The molecule has 1 fully saturated rings. The number of aliphatic carboxylic acids is 1. The van der Waals surface area contributed by atoms with Gasteiger partial charge < -0.3 is 14.8 Å². The molecule has 1 atom stereocenters. The number of carbonyl (C=O) groups is 4. The Morgan fingerprint density at radius 2 is 1.65 bits per heavy atom. The maximum Gasteiger partial charge on any atom is 0.303 e. The van der Waals surface area contributed by atoms with Gasteiger partial charge in [-0.05, 0) is 36.8 Å². The van der Waals surface area contributed by atoms with Crippen molar-refractivity contribution in [2.45, 2.75) is 57.4 Å². The van der Waals surface area contributed by atoms with Crippen LogP contribution in [0.4, 0.5) is 0 Å². The molecule has 0 bridgehead atoms. The van der Waals surface area contributed by atoms with E-state index in [-0.39, 0.29) is 30.6 Å². The molecule has 1 aliphatic rings. The summed E-state index contributed by atoms with van der Waals surface area (Å²) in [6, 6.07) is 7.09. The molecule has 1 heterocycles. The maximum absolute atomic E-state index is 12.3. The SMILES string of the molecule is O=C[C@@H]1CCCN1C(=O)Cc1ccc(CC(=O)CCCCC(=O)O)cc1. The molecule has 0 aliphatic carbocycles. The van der Waals surface area contributed by atoms with Gasteiger partial charge in [-0.15, -0.1) is 0 Å². The van der Waals surface area contributed by atoms with Crippen LogP contribution in [0.25, 0.3) is 0 Å². The molecule has 0 radical (unpaired) electrons. The van der Waals surface area contributed by atoms with E-state index >= 15 is 0 Å². The third-order valence-electron chi connectivity index (χ3n) is 4.65. The molecule has 1 amide bonds. The second-order valence-electron chi connectivity index (χ2n) is 6.74. The number of hydrogen-bond donors (Lipinski definition) is 1. The van der Waals surface area contributed by atoms with Crippen LogP contribution in [0, 0.1) is 0 Å². The Morgan fingerprint density at radius 3 is 2.27 bits per heavy atom. The van der Waals surface area contributed by atoms with Crippen molar-refractivity contribution in [3.63, 3.8) is 0 Å². The highest BCUT2D eigenvalue weighted by atomic mass is 16.4. The molecule has 0 saturated carbocycles. The number of aldehydes is 1. The van der Waals surface area contributed by atoms with Crippen molar-refractivity contribution in [2.75, 3.05) is 6.54 Å². The average molecular weight is 359 g/mol. The van der Waals surface area contributed by atoms with E-state index in [1.165, 1.54) is 0 Å². The standard InChI is InChI=1S/C20H25NO5/c22-14-17-4-3-11-21(17)19(24)13-16-9-7-15(8-10-16)12-18(23)5-1-2-6-20(25)26/h7-10,14,17H,1-6,11-13H2,(H,25,26)/t17-/m0/s1. The molecule has 0 spiro atoms. The van der Waals surface area contributed by atoms with E-state index in [4.69, 9.17) is 5.11 Å². The lowest BCUT2D eigenvalue weighted by atomic mass is 10.0. The van der Waals surface area contributed by atoms with Gasteiger partial charge in [0.25, 0.3) is 0 Å². The predicted octanol–water partition coefficient (Wildman–Crippen LogP) is 2.18. The van der Waals surface area contributed by atoms with Crippen LogP contribution in [-0.2, 0) is 32.0 Å². The zero-order chi connectivity index (χ0) is 18.9. The Morgan fingerprint density at radius 1 is 1.04 bits per heavy atom. The lowest BCUT2D eigenvalue weighted by Gasteiger charge is -2.20.